The predicted molar refractivity (Wildman–Crippen MR) is 126 cm³/mol. The summed E-state index contributed by atoms with van der Waals surface area (Å²) < 4.78 is 13.5. The monoisotopic (exact) mass is 431 g/mol. The summed E-state index contributed by atoms with van der Waals surface area (Å²) in [5.74, 6) is 0.577. The van der Waals surface area contributed by atoms with E-state index in [4.69, 9.17) is 9.47 Å². The first-order valence-corrected chi connectivity index (χ1v) is 11.3. The molecule has 0 amide bonds. The van der Waals surface area contributed by atoms with Gasteiger partial charge in [0.2, 0.25) is 0 Å². The molecular weight excluding hydrogens is 402 g/mol. The molecule has 3 heterocycles. The van der Waals surface area contributed by atoms with Gasteiger partial charge in [-0.1, -0.05) is 30.3 Å². The fourth-order valence-electron chi connectivity index (χ4n) is 4.53. The number of nitrogens with zero attached hydrogens (tertiary/aromatic N) is 2. The van der Waals surface area contributed by atoms with Crippen molar-refractivity contribution in [1.82, 2.24) is 9.88 Å². The number of morpholine rings is 1. The van der Waals surface area contributed by atoms with Crippen molar-refractivity contribution in [3.63, 3.8) is 0 Å². The Morgan fingerprint density at radius 1 is 0.969 bits per heavy atom. The molecule has 0 atom stereocenters. The van der Waals surface area contributed by atoms with E-state index in [1.54, 1.807) is 16.8 Å². The van der Waals surface area contributed by atoms with Gasteiger partial charge in [0.25, 0.3) is 5.56 Å². The Morgan fingerprint density at radius 2 is 1.72 bits per heavy atom. The van der Waals surface area contributed by atoms with Crippen molar-refractivity contribution in [2.24, 2.45) is 0 Å². The summed E-state index contributed by atoms with van der Waals surface area (Å²) in [5, 5.41) is 3.47. The Balaban J connectivity index is 1.22. The van der Waals surface area contributed by atoms with Gasteiger partial charge < -0.3 is 19.7 Å². The van der Waals surface area contributed by atoms with E-state index in [-0.39, 0.29) is 11.2 Å². The zero-order valence-electron chi connectivity index (χ0n) is 18.2. The van der Waals surface area contributed by atoms with E-state index in [0.717, 1.165) is 56.9 Å². The lowest BCUT2D eigenvalue weighted by Gasteiger charge is -2.44. The molecular formula is C26H29N3O3. The van der Waals surface area contributed by atoms with Crippen LogP contribution in [0.3, 0.4) is 0 Å². The van der Waals surface area contributed by atoms with Gasteiger partial charge in [0.15, 0.2) is 0 Å². The van der Waals surface area contributed by atoms with Gasteiger partial charge >= 0.3 is 0 Å². The second-order valence-corrected chi connectivity index (χ2v) is 8.56. The van der Waals surface area contributed by atoms with Crippen molar-refractivity contribution < 1.29 is 9.47 Å². The number of ether oxygens (including phenoxy) is 2. The molecule has 0 bridgehead atoms. The van der Waals surface area contributed by atoms with Gasteiger partial charge in [0, 0.05) is 49.8 Å². The number of pyridine rings is 1. The van der Waals surface area contributed by atoms with Crippen molar-refractivity contribution in [1.29, 1.82) is 0 Å². The van der Waals surface area contributed by atoms with Crippen molar-refractivity contribution in [3.8, 4) is 11.4 Å². The zero-order valence-corrected chi connectivity index (χ0v) is 18.2. The van der Waals surface area contributed by atoms with Crippen LogP contribution in [-0.2, 0) is 11.3 Å². The molecule has 0 radical (unpaired) electrons. The minimum atomic E-state index is -0.106. The lowest BCUT2D eigenvalue weighted by molar-refractivity contribution is -0.0799. The van der Waals surface area contributed by atoms with Gasteiger partial charge in [0.05, 0.1) is 12.2 Å². The molecule has 2 aromatic carbocycles. The van der Waals surface area contributed by atoms with Crippen LogP contribution in [0.25, 0.3) is 5.69 Å². The molecule has 5 rings (SSSR count). The van der Waals surface area contributed by atoms with E-state index >= 15 is 0 Å². The van der Waals surface area contributed by atoms with E-state index in [9.17, 15) is 4.79 Å². The minimum Gasteiger partial charge on any atom is -0.489 e. The normalized spacial score (nSPS) is 17.9. The van der Waals surface area contributed by atoms with E-state index in [1.165, 1.54) is 5.69 Å². The van der Waals surface area contributed by atoms with Gasteiger partial charge in [-0.05, 0) is 48.7 Å². The van der Waals surface area contributed by atoms with Crippen molar-refractivity contribution >= 4 is 5.69 Å². The van der Waals surface area contributed by atoms with Crippen LogP contribution in [0, 0.1) is 0 Å². The molecule has 2 aliphatic rings. The molecule has 3 aromatic rings. The van der Waals surface area contributed by atoms with E-state index < -0.39 is 0 Å². The number of aromatic nitrogens is 1. The molecule has 2 aliphatic heterocycles. The van der Waals surface area contributed by atoms with Crippen molar-refractivity contribution in [2.45, 2.75) is 25.0 Å². The summed E-state index contributed by atoms with van der Waals surface area (Å²) in [7, 11) is 0. The van der Waals surface area contributed by atoms with Crippen LogP contribution in [-0.4, -0.2) is 43.0 Å². The number of hydrogen-bond donors (Lipinski definition) is 1. The van der Waals surface area contributed by atoms with Crippen LogP contribution >= 0.6 is 0 Å². The smallest absolute Gasteiger partial charge is 0.258 e. The second-order valence-electron chi connectivity index (χ2n) is 8.56. The zero-order chi connectivity index (χ0) is 21.8. The van der Waals surface area contributed by atoms with Gasteiger partial charge in [-0.3, -0.25) is 9.36 Å². The molecule has 1 N–H and O–H groups in total. The van der Waals surface area contributed by atoms with Crippen LogP contribution in [0.5, 0.6) is 5.75 Å². The second kappa shape index (κ2) is 9.18. The highest BCUT2D eigenvalue weighted by Gasteiger charge is 2.36. The van der Waals surface area contributed by atoms with Crippen LogP contribution in [0.1, 0.15) is 18.4 Å². The highest BCUT2D eigenvalue weighted by molar-refractivity contribution is 5.51. The lowest BCUT2D eigenvalue weighted by Crippen LogP contribution is -2.55. The maximum atomic E-state index is 12.7. The molecule has 2 saturated heterocycles. The molecule has 1 aromatic heterocycles. The van der Waals surface area contributed by atoms with Crippen molar-refractivity contribution in [2.75, 3.05) is 37.7 Å². The van der Waals surface area contributed by atoms with Gasteiger partial charge in [-0.15, -0.1) is 0 Å². The highest BCUT2D eigenvalue weighted by atomic mass is 16.5. The molecule has 0 saturated carbocycles. The molecule has 1 spiro atoms. The Kier molecular flexibility index (Phi) is 5.97. The summed E-state index contributed by atoms with van der Waals surface area (Å²) >= 11 is 0. The first-order chi connectivity index (χ1) is 15.7. The summed E-state index contributed by atoms with van der Waals surface area (Å²) in [6, 6.07) is 21.5. The maximum Gasteiger partial charge on any atom is 0.258 e. The fourth-order valence-corrected chi connectivity index (χ4v) is 4.53. The third kappa shape index (κ3) is 4.56. The number of piperidine rings is 1. The Morgan fingerprint density at radius 3 is 2.41 bits per heavy atom. The third-order valence-electron chi connectivity index (χ3n) is 6.44. The van der Waals surface area contributed by atoms with Crippen LogP contribution in [0.15, 0.2) is 77.7 Å². The molecule has 6 heteroatoms. The summed E-state index contributed by atoms with van der Waals surface area (Å²) in [5.41, 5.74) is 3.00. The average molecular weight is 432 g/mol. The lowest BCUT2D eigenvalue weighted by atomic mass is 9.90. The standard InChI is InChI=1S/C26H29N3O3/c30-25-18-24(31-19-21-4-2-1-3-5-21)10-14-29(25)23-8-6-22(7-9-23)28-15-11-26(12-16-28)20-27-13-17-32-26/h1-10,14,18,27H,11-13,15-17,19-20H2. The number of benzene rings is 2. The molecule has 0 aliphatic carbocycles. The highest BCUT2D eigenvalue weighted by Crippen LogP contribution is 2.30. The SMILES string of the molecule is O=c1cc(OCc2ccccc2)ccn1-c1ccc(N2CCC3(CC2)CNCCO3)cc1. The maximum absolute atomic E-state index is 12.7. The molecule has 6 nitrogen and oxygen atoms in total. The topological polar surface area (TPSA) is 55.7 Å². The minimum absolute atomic E-state index is 0.00628. The first kappa shape index (κ1) is 20.8. The van der Waals surface area contributed by atoms with E-state index in [0.29, 0.717) is 12.4 Å². The molecule has 166 valence electrons. The average Bonchev–Trinajstić information content (AvgIpc) is 2.85. The quantitative estimate of drug-likeness (QED) is 0.671. The van der Waals surface area contributed by atoms with Gasteiger partial charge in [-0.25, -0.2) is 0 Å². The summed E-state index contributed by atoms with van der Waals surface area (Å²) in [4.78, 5) is 15.1. The largest absolute Gasteiger partial charge is 0.489 e. The number of hydrogen-bond acceptors (Lipinski definition) is 5. The predicted octanol–water partition coefficient (Wildman–Crippen LogP) is 3.38. The Bertz CT molecular complexity index is 1080. The molecule has 2 fully saturated rings. The van der Waals surface area contributed by atoms with Crippen LogP contribution in [0.4, 0.5) is 5.69 Å². The van der Waals surface area contributed by atoms with Crippen LogP contribution in [0.2, 0.25) is 0 Å². The van der Waals surface area contributed by atoms with Gasteiger partial charge in [0.1, 0.15) is 12.4 Å². The summed E-state index contributed by atoms with van der Waals surface area (Å²) in [6.45, 7) is 5.11. The van der Waals surface area contributed by atoms with Crippen molar-refractivity contribution in [3.05, 3.63) is 88.8 Å². The number of anilines is 1. The van der Waals surface area contributed by atoms with Gasteiger partial charge in [-0.2, -0.15) is 0 Å². The Hall–Kier alpha value is -3.09. The third-order valence-corrected chi connectivity index (χ3v) is 6.44. The van der Waals surface area contributed by atoms with E-state index in [1.807, 2.05) is 48.5 Å². The molecule has 32 heavy (non-hydrogen) atoms. The van der Waals surface area contributed by atoms with Crippen LogP contribution < -0.4 is 20.5 Å². The number of nitrogens with one attached hydrogen (secondary N) is 1. The summed E-state index contributed by atoms with van der Waals surface area (Å²) in [6.07, 6.45) is 3.84. The molecule has 0 unspecified atom stereocenters. The fraction of sp³-hybridized carbons (Fsp3) is 0.346. The Labute approximate surface area is 188 Å². The van der Waals surface area contributed by atoms with E-state index in [2.05, 4.69) is 22.3 Å². The first-order valence-electron chi connectivity index (χ1n) is 11.3. The number of rotatable bonds is 5.